The largest absolute Gasteiger partial charge is 0.478 e. The lowest BCUT2D eigenvalue weighted by atomic mass is 9.99. The fourth-order valence-corrected chi connectivity index (χ4v) is 5.81. The van der Waals surface area contributed by atoms with Crippen LogP contribution in [0.1, 0.15) is 34.3 Å². The van der Waals surface area contributed by atoms with Gasteiger partial charge in [-0.3, -0.25) is 4.90 Å². The van der Waals surface area contributed by atoms with Gasteiger partial charge in [0.2, 0.25) is 10.0 Å². The van der Waals surface area contributed by atoms with E-state index in [9.17, 15) is 18.3 Å². The van der Waals surface area contributed by atoms with Crippen molar-refractivity contribution in [2.24, 2.45) is 5.92 Å². The number of carbonyl (C=O) groups is 1. The number of morpholine rings is 1. The molecule has 8 heteroatoms. The minimum Gasteiger partial charge on any atom is -0.478 e. The quantitative estimate of drug-likeness (QED) is 0.816. The molecule has 0 spiro atoms. The molecule has 2 fully saturated rings. The molecule has 27 heavy (non-hydrogen) atoms. The van der Waals surface area contributed by atoms with Crippen molar-refractivity contribution in [2.75, 3.05) is 45.9 Å². The Morgan fingerprint density at radius 2 is 1.89 bits per heavy atom. The minimum atomic E-state index is -3.71. The summed E-state index contributed by atoms with van der Waals surface area (Å²) in [6, 6.07) is 2.96. The predicted molar refractivity (Wildman–Crippen MR) is 102 cm³/mol. The van der Waals surface area contributed by atoms with Crippen molar-refractivity contribution in [3.63, 3.8) is 0 Å². The van der Waals surface area contributed by atoms with Crippen LogP contribution in [0.2, 0.25) is 0 Å². The topological polar surface area (TPSA) is 87.2 Å². The number of ether oxygens (including phenoxy) is 1. The lowest BCUT2D eigenvalue weighted by Crippen LogP contribution is -2.46. The van der Waals surface area contributed by atoms with Crippen LogP contribution in [0.25, 0.3) is 0 Å². The maximum absolute atomic E-state index is 13.2. The molecule has 2 heterocycles. The van der Waals surface area contributed by atoms with Gasteiger partial charge in [0.05, 0.1) is 23.7 Å². The molecule has 7 nitrogen and oxygen atoms in total. The number of rotatable bonds is 5. The number of aryl methyl sites for hydroxylation is 2. The van der Waals surface area contributed by atoms with E-state index in [1.807, 2.05) is 0 Å². The Balaban J connectivity index is 1.79. The second-order valence-electron chi connectivity index (χ2n) is 7.52. The molecule has 0 amide bonds. The predicted octanol–water partition coefficient (Wildman–Crippen LogP) is 1.73. The van der Waals surface area contributed by atoms with Crippen molar-refractivity contribution >= 4 is 16.0 Å². The summed E-state index contributed by atoms with van der Waals surface area (Å²) in [5.41, 5.74) is 1.21. The number of sulfonamides is 1. The first-order chi connectivity index (χ1) is 12.8. The zero-order chi connectivity index (χ0) is 19.6. The van der Waals surface area contributed by atoms with Gasteiger partial charge < -0.3 is 9.84 Å². The van der Waals surface area contributed by atoms with Gasteiger partial charge in [-0.1, -0.05) is 6.07 Å². The number of nitrogens with zero attached hydrogens (tertiary/aromatic N) is 2. The molecule has 2 saturated heterocycles. The highest BCUT2D eigenvalue weighted by Gasteiger charge is 2.33. The molecule has 0 bridgehead atoms. The number of hydrogen-bond donors (Lipinski definition) is 1. The van der Waals surface area contributed by atoms with Gasteiger partial charge in [0, 0.05) is 32.7 Å². The monoisotopic (exact) mass is 396 g/mol. The third-order valence-electron chi connectivity index (χ3n) is 5.47. The van der Waals surface area contributed by atoms with Crippen LogP contribution in [0.3, 0.4) is 0 Å². The average molecular weight is 397 g/mol. The number of carboxylic acids is 1. The second-order valence-corrected chi connectivity index (χ2v) is 9.43. The standard InChI is InChI=1S/C19H28N2O5S/c1-14-10-15(2)18(11-17(14)19(22)23)27(24,25)21-5-3-4-16(13-21)12-20-6-8-26-9-7-20/h10-11,16H,3-9,12-13H2,1-2H3,(H,22,23)/t16-/m1/s1. The number of piperidine rings is 1. The zero-order valence-corrected chi connectivity index (χ0v) is 16.8. The van der Waals surface area contributed by atoms with E-state index in [0.717, 1.165) is 45.7 Å². The van der Waals surface area contributed by atoms with Crippen molar-refractivity contribution in [2.45, 2.75) is 31.6 Å². The molecule has 0 aliphatic carbocycles. The molecule has 2 aliphatic rings. The molecular formula is C19H28N2O5S. The van der Waals surface area contributed by atoms with Crippen LogP contribution >= 0.6 is 0 Å². The summed E-state index contributed by atoms with van der Waals surface area (Å²) in [6.07, 6.45) is 1.83. The Morgan fingerprint density at radius 3 is 2.56 bits per heavy atom. The summed E-state index contributed by atoms with van der Waals surface area (Å²) < 4.78 is 33.4. The van der Waals surface area contributed by atoms with Crippen molar-refractivity contribution in [1.82, 2.24) is 9.21 Å². The van der Waals surface area contributed by atoms with E-state index < -0.39 is 16.0 Å². The van der Waals surface area contributed by atoms with Crippen LogP contribution in [0.15, 0.2) is 17.0 Å². The summed E-state index contributed by atoms with van der Waals surface area (Å²) >= 11 is 0. The van der Waals surface area contributed by atoms with E-state index >= 15 is 0 Å². The van der Waals surface area contributed by atoms with E-state index in [1.165, 1.54) is 10.4 Å². The maximum Gasteiger partial charge on any atom is 0.335 e. The van der Waals surface area contributed by atoms with Crippen LogP contribution in [0, 0.1) is 19.8 Å². The fourth-order valence-electron chi connectivity index (χ4n) is 4.02. The molecule has 0 radical (unpaired) electrons. The molecule has 150 valence electrons. The first-order valence-corrected chi connectivity index (χ1v) is 10.9. The van der Waals surface area contributed by atoms with Crippen molar-refractivity contribution in [3.8, 4) is 0 Å². The van der Waals surface area contributed by atoms with Crippen molar-refractivity contribution < 1.29 is 23.1 Å². The normalized spacial score (nSPS) is 22.7. The second kappa shape index (κ2) is 8.26. The summed E-state index contributed by atoms with van der Waals surface area (Å²) in [6.45, 7) is 8.50. The Bertz CT molecular complexity index is 803. The molecule has 0 unspecified atom stereocenters. The highest BCUT2D eigenvalue weighted by Crippen LogP contribution is 2.28. The number of hydrogen-bond acceptors (Lipinski definition) is 5. The maximum atomic E-state index is 13.2. The first-order valence-electron chi connectivity index (χ1n) is 9.44. The van der Waals surface area contributed by atoms with E-state index in [-0.39, 0.29) is 16.4 Å². The van der Waals surface area contributed by atoms with Gasteiger partial charge in [0.25, 0.3) is 0 Å². The molecule has 0 saturated carbocycles. The van der Waals surface area contributed by atoms with Crippen molar-refractivity contribution in [1.29, 1.82) is 0 Å². The van der Waals surface area contributed by atoms with E-state index in [4.69, 9.17) is 4.74 Å². The van der Waals surface area contributed by atoms with Crippen LogP contribution < -0.4 is 0 Å². The van der Waals surface area contributed by atoms with Gasteiger partial charge in [0.1, 0.15) is 0 Å². The van der Waals surface area contributed by atoms with Crippen LogP contribution in [0.4, 0.5) is 0 Å². The Kier molecular flexibility index (Phi) is 6.20. The van der Waals surface area contributed by atoms with E-state index in [0.29, 0.717) is 24.2 Å². The number of benzene rings is 1. The Labute approximate surface area is 161 Å². The number of carboxylic acid groups (broad SMARTS) is 1. The van der Waals surface area contributed by atoms with E-state index in [2.05, 4.69) is 4.90 Å². The van der Waals surface area contributed by atoms with E-state index in [1.54, 1.807) is 19.9 Å². The summed E-state index contributed by atoms with van der Waals surface area (Å²) in [5.74, 6) is -0.816. The molecule has 3 rings (SSSR count). The lowest BCUT2D eigenvalue weighted by Gasteiger charge is -2.36. The Morgan fingerprint density at radius 1 is 1.19 bits per heavy atom. The van der Waals surface area contributed by atoms with Crippen molar-refractivity contribution in [3.05, 3.63) is 28.8 Å². The van der Waals surface area contributed by atoms with Gasteiger partial charge in [0.15, 0.2) is 0 Å². The molecular weight excluding hydrogens is 368 g/mol. The molecule has 2 aliphatic heterocycles. The van der Waals surface area contributed by atoms with Gasteiger partial charge in [-0.15, -0.1) is 0 Å². The summed E-state index contributed by atoms with van der Waals surface area (Å²) in [7, 11) is -3.71. The molecule has 0 aromatic heterocycles. The third-order valence-corrected chi connectivity index (χ3v) is 7.48. The SMILES string of the molecule is Cc1cc(C)c(S(=O)(=O)N2CCC[C@H](CN3CCOCC3)C2)cc1C(=O)O. The van der Waals surface area contributed by atoms with Gasteiger partial charge in [-0.05, 0) is 49.8 Å². The first kappa shape index (κ1) is 20.3. The van der Waals surface area contributed by atoms with Gasteiger partial charge in [-0.2, -0.15) is 4.31 Å². The van der Waals surface area contributed by atoms with Crippen LogP contribution in [0.5, 0.6) is 0 Å². The molecule has 1 aromatic rings. The summed E-state index contributed by atoms with van der Waals surface area (Å²) in [4.78, 5) is 13.9. The van der Waals surface area contributed by atoms with Gasteiger partial charge in [-0.25, -0.2) is 13.2 Å². The smallest absolute Gasteiger partial charge is 0.335 e. The lowest BCUT2D eigenvalue weighted by molar-refractivity contribution is 0.0265. The zero-order valence-electron chi connectivity index (χ0n) is 16.0. The molecule has 1 atom stereocenters. The van der Waals surface area contributed by atoms with Crippen LogP contribution in [-0.2, 0) is 14.8 Å². The third kappa shape index (κ3) is 4.51. The highest BCUT2D eigenvalue weighted by atomic mass is 32.2. The van der Waals surface area contributed by atoms with Gasteiger partial charge >= 0.3 is 5.97 Å². The fraction of sp³-hybridized carbons (Fsp3) is 0.632. The minimum absolute atomic E-state index is 0.0426. The Hall–Kier alpha value is -1.48. The molecule has 1 N–H and O–H groups in total. The number of aromatic carboxylic acids is 1. The average Bonchev–Trinajstić information content (AvgIpc) is 2.62. The van der Waals surface area contributed by atoms with Crippen LogP contribution in [-0.4, -0.2) is 74.6 Å². The highest BCUT2D eigenvalue weighted by molar-refractivity contribution is 7.89. The molecule has 1 aromatic carbocycles. The summed E-state index contributed by atoms with van der Waals surface area (Å²) in [5, 5.41) is 9.36.